The van der Waals surface area contributed by atoms with Crippen molar-refractivity contribution in [3.63, 3.8) is 0 Å². The number of carbonyl (C=O) groups is 1. The van der Waals surface area contributed by atoms with Gasteiger partial charge in [-0.05, 0) is 48.4 Å². The highest BCUT2D eigenvalue weighted by Crippen LogP contribution is 2.35. The molecule has 33 heavy (non-hydrogen) atoms. The predicted molar refractivity (Wildman–Crippen MR) is 122 cm³/mol. The van der Waals surface area contributed by atoms with Gasteiger partial charge in [0.15, 0.2) is 11.6 Å². The first-order chi connectivity index (χ1) is 15.6. The van der Waals surface area contributed by atoms with Crippen molar-refractivity contribution in [3.8, 4) is 17.6 Å². The lowest BCUT2D eigenvalue weighted by Crippen LogP contribution is -2.16. The SMILES string of the molecule is CCc1ccc(CC(=O)Nc2ccc(S(N)(=O)=O)cc2)c(F)c1Oc1cc(C#N)ccc1Cl. The number of nitrogens with zero attached hydrogens (tertiary/aromatic N) is 1. The van der Waals surface area contributed by atoms with E-state index >= 15 is 4.39 Å². The van der Waals surface area contributed by atoms with Gasteiger partial charge in [0, 0.05) is 17.3 Å². The molecule has 0 aromatic heterocycles. The number of aryl methyl sites for hydroxylation is 1. The molecular formula is C23H19ClFN3O4S. The lowest BCUT2D eigenvalue weighted by molar-refractivity contribution is -0.115. The Bertz CT molecular complexity index is 1350. The quantitative estimate of drug-likeness (QED) is 0.506. The number of primary sulfonamides is 1. The predicted octanol–water partition coefficient (Wildman–Crippen LogP) is 4.53. The fraction of sp³-hybridized carbons (Fsp3) is 0.130. The van der Waals surface area contributed by atoms with E-state index < -0.39 is 21.7 Å². The molecule has 10 heteroatoms. The number of rotatable bonds is 7. The van der Waals surface area contributed by atoms with Crippen LogP contribution >= 0.6 is 11.6 Å². The molecule has 3 N–H and O–H groups in total. The number of nitrogens with two attached hydrogens (primary N) is 1. The zero-order valence-electron chi connectivity index (χ0n) is 17.4. The van der Waals surface area contributed by atoms with Gasteiger partial charge in [-0.25, -0.2) is 17.9 Å². The number of hydrogen-bond acceptors (Lipinski definition) is 5. The number of nitriles is 1. The summed E-state index contributed by atoms with van der Waals surface area (Å²) in [5.41, 5.74) is 1.29. The number of benzene rings is 3. The highest BCUT2D eigenvalue weighted by atomic mass is 35.5. The van der Waals surface area contributed by atoms with Crippen LogP contribution in [0.5, 0.6) is 11.5 Å². The van der Waals surface area contributed by atoms with Crippen LogP contribution in [0.2, 0.25) is 5.02 Å². The van der Waals surface area contributed by atoms with Gasteiger partial charge in [-0.1, -0.05) is 30.7 Å². The molecule has 0 atom stereocenters. The number of carbonyl (C=O) groups excluding carboxylic acids is 1. The monoisotopic (exact) mass is 487 g/mol. The van der Waals surface area contributed by atoms with Gasteiger partial charge in [0.2, 0.25) is 15.9 Å². The van der Waals surface area contributed by atoms with Crippen LogP contribution < -0.4 is 15.2 Å². The minimum absolute atomic E-state index is 0.0719. The second-order valence-electron chi connectivity index (χ2n) is 7.03. The standard InChI is InChI=1S/C23H19ClFN3O4S/c1-2-15-4-5-16(12-21(29)28-17-6-8-18(9-7-17)33(27,30)31)22(25)23(15)32-20-11-14(13-26)3-10-19(20)24/h3-11H,2,12H2,1H3,(H,28,29)(H2,27,30,31). The van der Waals surface area contributed by atoms with Crippen LogP contribution in [0.1, 0.15) is 23.6 Å². The second kappa shape index (κ2) is 10.0. The van der Waals surface area contributed by atoms with Crippen molar-refractivity contribution < 1.29 is 22.3 Å². The van der Waals surface area contributed by atoms with E-state index in [-0.39, 0.29) is 33.4 Å². The Hall–Kier alpha value is -3.45. The summed E-state index contributed by atoms with van der Waals surface area (Å²) in [6.07, 6.45) is 0.166. The molecule has 0 saturated carbocycles. The van der Waals surface area contributed by atoms with Gasteiger partial charge >= 0.3 is 0 Å². The first-order valence-corrected chi connectivity index (χ1v) is 11.6. The largest absolute Gasteiger partial charge is 0.452 e. The summed E-state index contributed by atoms with van der Waals surface area (Å²) in [6, 6.07) is 14.8. The summed E-state index contributed by atoms with van der Waals surface area (Å²) in [5.74, 6) is -1.18. The van der Waals surface area contributed by atoms with Gasteiger partial charge in [-0.3, -0.25) is 4.79 Å². The van der Waals surface area contributed by atoms with Crippen LogP contribution in [0, 0.1) is 17.1 Å². The summed E-state index contributed by atoms with van der Waals surface area (Å²) >= 11 is 6.14. The van der Waals surface area contributed by atoms with E-state index in [4.69, 9.17) is 26.7 Å². The highest BCUT2D eigenvalue weighted by Gasteiger charge is 2.19. The van der Waals surface area contributed by atoms with Gasteiger partial charge in [0.1, 0.15) is 5.75 Å². The summed E-state index contributed by atoms with van der Waals surface area (Å²) in [7, 11) is -3.85. The van der Waals surface area contributed by atoms with E-state index in [0.717, 1.165) is 0 Å². The molecule has 3 rings (SSSR count). The molecule has 0 spiro atoms. The van der Waals surface area contributed by atoms with Crippen LogP contribution in [0.15, 0.2) is 59.5 Å². The molecule has 0 radical (unpaired) electrons. The first kappa shape index (κ1) is 24.2. The van der Waals surface area contributed by atoms with Crippen molar-refractivity contribution in [1.82, 2.24) is 0 Å². The van der Waals surface area contributed by atoms with Gasteiger partial charge in [-0.15, -0.1) is 0 Å². The maximum absolute atomic E-state index is 15.3. The number of amides is 1. The molecule has 3 aromatic rings. The maximum Gasteiger partial charge on any atom is 0.238 e. The third-order valence-corrected chi connectivity index (χ3v) is 5.97. The Morgan fingerprint density at radius 1 is 1.15 bits per heavy atom. The number of halogens is 2. The highest BCUT2D eigenvalue weighted by molar-refractivity contribution is 7.89. The first-order valence-electron chi connectivity index (χ1n) is 9.72. The smallest absolute Gasteiger partial charge is 0.238 e. The molecule has 1 amide bonds. The van der Waals surface area contributed by atoms with E-state index in [2.05, 4.69) is 5.32 Å². The van der Waals surface area contributed by atoms with Crippen molar-refractivity contribution in [3.05, 3.63) is 82.1 Å². The Labute approximate surface area is 195 Å². The normalized spacial score (nSPS) is 11.0. The average molecular weight is 488 g/mol. The number of ether oxygens (including phenoxy) is 1. The molecule has 0 aliphatic rings. The van der Waals surface area contributed by atoms with E-state index in [1.54, 1.807) is 6.07 Å². The second-order valence-corrected chi connectivity index (χ2v) is 9.00. The third kappa shape index (κ3) is 5.87. The van der Waals surface area contributed by atoms with Crippen LogP contribution in [-0.2, 0) is 27.7 Å². The Kier molecular flexibility index (Phi) is 7.33. The molecule has 170 valence electrons. The van der Waals surface area contributed by atoms with Gasteiger partial charge < -0.3 is 10.1 Å². The molecule has 7 nitrogen and oxygen atoms in total. The minimum atomic E-state index is -3.85. The Morgan fingerprint density at radius 2 is 1.82 bits per heavy atom. The summed E-state index contributed by atoms with van der Waals surface area (Å²) in [5, 5.41) is 16.9. The van der Waals surface area contributed by atoms with Gasteiger partial charge in [-0.2, -0.15) is 5.26 Å². The molecule has 0 heterocycles. The number of nitrogens with one attached hydrogen (secondary N) is 1. The number of hydrogen-bond donors (Lipinski definition) is 2. The van der Waals surface area contributed by atoms with Crippen molar-refractivity contribution in [1.29, 1.82) is 5.26 Å². The van der Waals surface area contributed by atoms with Crippen LogP contribution in [0.4, 0.5) is 10.1 Å². The van der Waals surface area contributed by atoms with Gasteiger partial charge in [0.25, 0.3) is 0 Å². The zero-order chi connectivity index (χ0) is 24.2. The molecular weight excluding hydrogens is 469 g/mol. The average Bonchev–Trinajstić information content (AvgIpc) is 2.77. The molecule has 0 fully saturated rings. The van der Waals surface area contributed by atoms with Crippen LogP contribution in [-0.4, -0.2) is 14.3 Å². The van der Waals surface area contributed by atoms with Crippen LogP contribution in [0.25, 0.3) is 0 Å². The summed E-state index contributed by atoms with van der Waals surface area (Å²) in [6.45, 7) is 1.83. The maximum atomic E-state index is 15.3. The lowest BCUT2D eigenvalue weighted by atomic mass is 10.0. The third-order valence-electron chi connectivity index (χ3n) is 4.73. The molecule has 0 aliphatic carbocycles. The number of sulfonamides is 1. The molecule has 0 saturated heterocycles. The van der Waals surface area contributed by atoms with Crippen molar-refractivity contribution in [2.45, 2.75) is 24.7 Å². The Morgan fingerprint density at radius 3 is 2.42 bits per heavy atom. The van der Waals surface area contributed by atoms with E-state index in [9.17, 15) is 13.2 Å². The molecule has 0 aliphatic heterocycles. The van der Waals surface area contributed by atoms with Gasteiger partial charge in [0.05, 0.1) is 28.0 Å². The zero-order valence-corrected chi connectivity index (χ0v) is 19.0. The molecule has 3 aromatic carbocycles. The minimum Gasteiger partial charge on any atom is -0.452 e. The Balaban J connectivity index is 1.83. The summed E-state index contributed by atoms with van der Waals surface area (Å²) in [4.78, 5) is 12.4. The fourth-order valence-corrected chi connectivity index (χ4v) is 3.70. The number of anilines is 1. The van der Waals surface area contributed by atoms with E-state index in [1.807, 2.05) is 13.0 Å². The summed E-state index contributed by atoms with van der Waals surface area (Å²) < 4.78 is 43.7. The van der Waals surface area contributed by atoms with Crippen molar-refractivity contribution >= 4 is 33.2 Å². The topological polar surface area (TPSA) is 122 Å². The van der Waals surface area contributed by atoms with Crippen LogP contribution in [0.3, 0.4) is 0 Å². The van der Waals surface area contributed by atoms with Crippen molar-refractivity contribution in [2.24, 2.45) is 5.14 Å². The lowest BCUT2D eigenvalue weighted by Gasteiger charge is -2.15. The van der Waals surface area contributed by atoms with E-state index in [1.165, 1.54) is 48.5 Å². The molecule has 0 unspecified atom stereocenters. The molecule has 0 bridgehead atoms. The van der Waals surface area contributed by atoms with Crippen molar-refractivity contribution in [2.75, 3.05) is 5.32 Å². The van der Waals surface area contributed by atoms with E-state index in [0.29, 0.717) is 23.2 Å². The fourth-order valence-electron chi connectivity index (χ4n) is 3.03.